The Morgan fingerprint density at radius 2 is 2.24 bits per heavy atom. The fraction of sp³-hybridized carbons (Fsp3) is 0.375. The Kier molecular flexibility index (Phi) is 6.81. The second-order valence-corrected chi connectivity index (χ2v) is 6.13. The summed E-state index contributed by atoms with van der Waals surface area (Å²) in [6.07, 6.45) is 4.12. The third-order valence-corrected chi connectivity index (χ3v) is 4.22. The van der Waals surface area contributed by atoms with Crippen LogP contribution in [-0.4, -0.2) is 39.0 Å². The molecule has 0 atom stereocenters. The van der Waals surface area contributed by atoms with Crippen LogP contribution in [0.1, 0.15) is 19.1 Å². The number of allylic oxidation sites excluding steroid dienone is 1. The molecule has 2 aromatic heterocycles. The van der Waals surface area contributed by atoms with Crippen LogP contribution >= 0.6 is 11.8 Å². The molecule has 2 rings (SSSR count). The molecule has 0 saturated carbocycles. The zero-order valence-electron chi connectivity index (χ0n) is 14.2. The standard InChI is InChI=1S/C16H21N5O3S/c1-4-7-17-15(23)18-13(22)10-25-16-20-19-14(21(16)8-5-2)12-6-9-24-11(12)3/h5-6,9H,2,4,7-8,10H2,1,3H3,(H2,17,18,22,23). The SMILES string of the molecule is C=CCn1c(SCC(=O)NC(=O)NCCC)nnc1-c1ccoc1C. The number of urea groups is 1. The fourth-order valence-corrected chi connectivity index (χ4v) is 2.83. The minimum atomic E-state index is -0.491. The van der Waals surface area contributed by atoms with Gasteiger partial charge in [-0.05, 0) is 19.4 Å². The summed E-state index contributed by atoms with van der Waals surface area (Å²) < 4.78 is 7.16. The van der Waals surface area contributed by atoms with Crippen LogP contribution in [0.4, 0.5) is 4.79 Å². The van der Waals surface area contributed by atoms with E-state index in [1.807, 2.05) is 24.5 Å². The molecule has 2 N–H and O–H groups in total. The van der Waals surface area contributed by atoms with Crippen molar-refractivity contribution in [3.05, 3.63) is 30.7 Å². The van der Waals surface area contributed by atoms with E-state index in [4.69, 9.17) is 4.42 Å². The van der Waals surface area contributed by atoms with Crippen LogP contribution in [0.3, 0.4) is 0 Å². The Hall–Kier alpha value is -2.55. The summed E-state index contributed by atoms with van der Waals surface area (Å²) in [7, 11) is 0. The predicted molar refractivity (Wildman–Crippen MR) is 95.2 cm³/mol. The van der Waals surface area contributed by atoms with Gasteiger partial charge in [0.1, 0.15) is 5.76 Å². The van der Waals surface area contributed by atoms with E-state index in [-0.39, 0.29) is 5.75 Å². The molecule has 0 fully saturated rings. The first-order chi connectivity index (χ1) is 12.1. The molecule has 2 aromatic rings. The van der Waals surface area contributed by atoms with Gasteiger partial charge in [-0.3, -0.25) is 14.7 Å². The summed E-state index contributed by atoms with van der Waals surface area (Å²) in [5.74, 6) is 1.04. The smallest absolute Gasteiger partial charge is 0.321 e. The van der Waals surface area contributed by atoms with Gasteiger partial charge in [0.2, 0.25) is 5.91 Å². The molecule has 0 radical (unpaired) electrons. The zero-order chi connectivity index (χ0) is 18.2. The van der Waals surface area contributed by atoms with Crippen molar-refractivity contribution in [2.45, 2.75) is 32.0 Å². The second kappa shape index (κ2) is 9.07. The van der Waals surface area contributed by atoms with Crippen LogP contribution in [-0.2, 0) is 11.3 Å². The lowest BCUT2D eigenvalue weighted by Crippen LogP contribution is -2.40. The maximum atomic E-state index is 11.9. The van der Waals surface area contributed by atoms with Crippen LogP contribution in [0.15, 0.2) is 34.6 Å². The number of rotatable bonds is 8. The van der Waals surface area contributed by atoms with Gasteiger partial charge in [-0.15, -0.1) is 16.8 Å². The lowest BCUT2D eigenvalue weighted by Gasteiger charge is -2.07. The van der Waals surface area contributed by atoms with E-state index in [1.54, 1.807) is 12.3 Å². The minimum absolute atomic E-state index is 0.0548. The molecule has 25 heavy (non-hydrogen) atoms. The number of hydrogen-bond acceptors (Lipinski definition) is 6. The molecule has 8 nitrogen and oxygen atoms in total. The van der Waals surface area contributed by atoms with Gasteiger partial charge in [-0.1, -0.05) is 24.8 Å². The molecule has 2 heterocycles. The van der Waals surface area contributed by atoms with Crippen LogP contribution in [0.5, 0.6) is 0 Å². The topological polar surface area (TPSA) is 102 Å². The van der Waals surface area contributed by atoms with Crippen molar-refractivity contribution < 1.29 is 14.0 Å². The van der Waals surface area contributed by atoms with Crippen LogP contribution < -0.4 is 10.6 Å². The fourth-order valence-electron chi connectivity index (χ4n) is 2.08. The van der Waals surface area contributed by atoms with Crippen LogP contribution in [0.2, 0.25) is 0 Å². The third-order valence-electron chi connectivity index (χ3n) is 3.25. The first-order valence-electron chi connectivity index (χ1n) is 7.85. The van der Waals surface area contributed by atoms with Crippen LogP contribution in [0.25, 0.3) is 11.4 Å². The van der Waals surface area contributed by atoms with Gasteiger partial charge in [-0.25, -0.2) is 4.79 Å². The predicted octanol–water partition coefficient (Wildman–Crippen LogP) is 2.36. The van der Waals surface area contributed by atoms with Crippen molar-refractivity contribution >= 4 is 23.7 Å². The average Bonchev–Trinajstić information content (AvgIpc) is 3.17. The van der Waals surface area contributed by atoms with Crippen molar-refractivity contribution in [1.82, 2.24) is 25.4 Å². The molecule has 0 aromatic carbocycles. The molecule has 0 spiro atoms. The van der Waals surface area contributed by atoms with Gasteiger partial charge >= 0.3 is 6.03 Å². The molecular weight excluding hydrogens is 342 g/mol. The van der Waals surface area contributed by atoms with Crippen molar-refractivity contribution in [3.63, 3.8) is 0 Å². The number of aromatic nitrogens is 3. The molecule has 0 bridgehead atoms. The molecule has 134 valence electrons. The maximum absolute atomic E-state index is 11.9. The first kappa shape index (κ1) is 18.8. The largest absolute Gasteiger partial charge is 0.469 e. The van der Waals surface area contributed by atoms with E-state index in [1.165, 1.54) is 11.8 Å². The summed E-state index contributed by atoms with van der Waals surface area (Å²) in [6, 6.07) is 1.33. The molecule has 0 aliphatic carbocycles. The third kappa shape index (κ3) is 4.96. The van der Waals surface area contributed by atoms with E-state index >= 15 is 0 Å². The Labute approximate surface area is 150 Å². The van der Waals surface area contributed by atoms with E-state index in [0.717, 1.165) is 17.7 Å². The van der Waals surface area contributed by atoms with Crippen molar-refractivity contribution in [3.8, 4) is 11.4 Å². The molecule has 0 aliphatic rings. The summed E-state index contributed by atoms with van der Waals surface area (Å²) >= 11 is 1.20. The van der Waals surface area contributed by atoms with E-state index in [2.05, 4.69) is 27.4 Å². The Morgan fingerprint density at radius 1 is 1.44 bits per heavy atom. The first-order valence-corrected chi connectivity index (χ1v) is 8.84. The number of furan rings is 1. The summed E-state index contributed by atoms with van der Waals surface area (Å²) in [5, 5.41) is 13.8. The van der Waals surface area contributed by atoms with Crippen molar-refractivity contribution in [2.24, 2.45) is 0 Å². The van der Waals surface area contributed by atoms with Gasteiger partial charge in [-0.2, -0.15) is 0 Å². The van der Waals surface area contributed by atoms with Gasteiger partial charge in [0.05, 0.1) is 17.6 Å². The highest BCUT2D eigenvalue weighted by Gasteiger charge is 2.18. The van der Waals surface area contributed by atoms with Crippen molar-refractivity contribution in [2.75, 3.05) is 12.3 Å². The normalized spacial score (nSPS) is 10.5. The maximum Gasteiger partial charge on any atom is 0.321 e. The number of carbonyl (C=O) groups is 2. The number of nitrogens with one attached hydrogen (secondary N) is 2. The number of aryl methyl sites for hydroxylation is 1. The molecule has 3 amide bonds. The number of nitrogens with zero attached hydrogens (tertiary/aromatic N) is 3. The second-order valence-electron chi connectivity index (χ2n) is 5.19. The van der Waals surface area contributed by atoms with E-state index in [0.29, 0.717) is 24.1 Å². The number of carbonyl (C=O) groups excluding carboxylic acids is 2. The monoisotopic (exact) mass is 363 g/mol. The number of hydrogen-bond donors (Lipinski definition) is 2. The Balaban J connectivity index is 2.04. The van der Waals surface area contributed by atoms with E-state index in [9.17, 15) is 9.59 Å². The molecule has 0 saturated heterocycles. The van der Waals surface area contributed by atoms with Gasteiger partial charge in [0.25, 0.3) is 0 Å². The molecule has 9 heteroatoms. The summed E-state index contributed by atoms with van der Waals surface area (Å²) in [4.78, 5) is 23.3. The van der Waals surface area contributed by atoms with Gasteiger partial charge < -0.3 is 9.73 Å². The summed E-state index contributed by atoms with van der Waals surface area (Å²) in [5.41, 5.74) is 0.838. The highest BCUT2D eigenvalue weighted by Crippen LogP contribution is 2.26. The lowest BCUT2D eigenvalue weighted by atomic mass is 10.2. The highest BCUT2D eigenvalue weighted by molar-refractivity contribution is 7.99. The quantitative estimate of drug-likeness (QED) is 0.551. The average molecular weight is 363 g/mol. The Bertz CT molecular complexity index is 753. The minimum Gasteiger partial charge on any atom is -0.469 e. The number of thioether (sulfide) groups is 1. The molecule has 0 aliphatic heterocycles. The summed E-state index contributed by atoms with van der Waals surface area (Å²) in [6.45, 7) is 8.54. The highest BCUT2D eigenvalue weighted by atomic mass is 32.2. The lowest BCUT2D eigenvalue weighted by molar-refractivity contribution is -0.117. The molecule has 0 unspecified atom stereocenters. The van der Waals surface area contributed by atoms with Crippen molar-refractivity contribution in [1.29, 1.82) is 0 Å². The molecular formula is C16H21N5O3S. The Morgan fingerprint density at radius 3 is 2.88 bits per heavy atom. The number of imide groups is 1. The number of amides is 3. The van der Waals surface area contributed by atoms with Gasteiger partial charge in [0, 0.05) is 13.1 Å². The zero-order valence-corrected chi connectivity index (χ0v) is 15.1. The van der Waals surface area contributed by atoms with E-state index < -0.39 is 11.9 Å². The van der Waals surface area contributed by atoms with Crippen LogP contribution in [0, 0.1) is 6.92 Å². The van der Waals surface area contributed by atoms with Gasteiger partial charge in [0.15, 0.2) is 11.0 Å².